The van der Waals surface area contributed by atoms with E-state index in [-0.39, 0.29) is 24.0 Å². The van der Waals surface area contributed by atoms with Crippen LogP contribution in [-0.2, 0) is 20.8 Å². The van der Waals surface area contributed by atoms with Gasteiger partial charge in [0, 0.05) is 6.54 Å². The molecule has 1 heterocycles. The second-order valence-corrected chi connectivity index (χ2v) is 8.05. The maximum absolute atomic E-state index is 13.4. The van der Waals surface area contributed by atoms with E-state index in [4.69, 9.17) is 9.47 Å². The van der Waals surface area contributed by atoms with Gasteiger partial charge in [-0.05, 0) is 55.5 Å². The van der Waals surface area contributed by atoms with Gasteiger partial charge in [0.25, 0.3) is 5.91 Å². The molecule has 1 saturated carbocycles. The van der Waals surface area contributed by atoms with Crippen LogP contribution in [0.3, 0.4) is 0 Å². The van der Waals surface area contributed by atoms with Gasteiger partial charge in [-0.15, -0.1) is 0 Å². The maximum Gasteiger partial charge on any atom is 0.337 e. The summed E-state index contributed by atoms with van der Waals surface area (Å²) in [7, 11) is 1.36. The maximum atomic E-state index is 13.4. The SMILES string of the molecule is COC(=O)c1ccc(/C=C2\OC3CCCCC3N(Cc3cccc(C)c3)C2=O)cc1. The van der Waals surface area contributed by atoms with Crippen molar-refractivity contribution in [3.05, 3.63) is 76.5 Å². The third-order valence-electron chi connectivity index (χ3n) is 5.88. The fraction of sp³-hybridized carbons (Fsp3) is 0.360. The number of fused-ring (bicyclic) bond motifs is 1. The second-order valence-electron chi connectivity index (χ2n) is 8.05. The number of carbonyl (C=O) groups excluding carboxylic acids is 2. The van der Waals surface area contributed by atoms with Gasteiger partial charge in [0.15, 0.2) is 5.76 Å². The number of amides is 1. The number of carbonyl (C=O) groups is 2. The van der Waals surface area contributed by atoms with Crippen molar-refractivity contribution in [3.8, 4) is 0 Å². The molecule has 0 radical (unpaired) electrons. The van der Waals surface area contributed by atoms with E-state index in [9.17, 15) is 9.59 Å². The van der Waals surface area contributed by atoms with Gasteiger partial charge < -0.3 is 14.4 Å². The number of ether oxygens (including phenoxy) is 2. The van der Waals surface area contributed by atoms with Crippen LogP contribution < -0.4 is 0 Å². The largest absolute Gasteiger partial charge is 0.482 e. The predicted molar refractivity (Wildman–Crippen MR) is 115 cm³/mol. The van der Waals surface area contributed by atoms with Crippen LogP contribution >= 0.6 is 0 Å². The first-order valence-corrected chi connectivity index (χ1v) is 10.5. The summed E-state index contributed by atoms with van der Waals surface area (Å²) in [6.45, 7) is 2.65. The van der Waals surface area contributed by atoms with Crippen LogP contribution in [0, 0.1) is 6.92 Å². The highest BCUT2D eigenvalue weighted by molar-refractivity contribution is 5.97. The fourth-order valence-corrected chi connectivity index (χ4v) is 4.35. The van der Waals surface area contributed by atoms with Crippen molar-refractivity contribution in [2.45, 2.75) is 51.3 Å². The number of nitrogens with zero attached hydrogens (tertiary/aromatic N) is 1. The molecule has 2 aromatic carbocycles. The summed E-state index contributed by atoms with van der Waals surface area (Å²) >= 11 is 0. The van der Waals surface area contributed by atoms with Crippen molar-refractivity contribution in [1.82, 2.24) is 4.90 Å². The molecule has 30 heavy (non-hydrogen) atoms. The number of methoxy groups -OCH3 is 1. The van der Waals surface area contributed by atoms with Crippen LogP contribution in [0.5, 0.6) is 0 Å². The molecule has 2 atom stereocenters. The first-order chi connectivity index (χ1) is 14.5. The minimum absolute atomic E-state index is 0.0295. The van der Waals surface area contributed by atoms with Crippen molar-refractivity contribution in [3.63, 3.8) is 0 Å². The van der Waals surface area contributed by atoms with Crippen LogP contribution in [0.1, 0.15) is 52.7 Å². The zero-order chi connectivity index (χ0) is 21.1. The molecule has 5 heteroatoms. The van der Waals surface area contributed by atoms with Gasteiger partial charge in [0.05, 0.1) is 18.7 Å². The number of morpholine rings is 1. The zero-order valence-corrected chi connectivity index (χ0v) is 17.5. The number of benzene rings is 2. The normalized spacial score (nSPS) is 22.4. The molecule has 2 aliphatic rings. The fourth-order valence-electron chi connectivity index (χ4n) is 4.35. The van der Waals surface area contributed by atoms with E-state index in [0.717, 1.165) is 36.8 Å². The van der Waals surface area contributed by atoms with Crippen LogP contribution in [0.15, 0.2) is 54.3 Å². The molecule has 0 bridgehead atoms. The van der Waals surface area contributed by atoms with Crippen molar-refractivity contribution >= 4 is 18.0 Å². The number of aryl methyl sites for hydroxylation is 1. The Bertz CT molecular complexity index is 963. The average molecular weight is 405 g/mol. The highest BCUT2D eigenvalue weighted by Crippen LogP contribution is 2.34. The highest BCUT2D eigenvalue weighted by atomic mass is 16.5. The molecule has 2 aromatic rings. The minimum atomic E-state index is -0.381. The lowest BCUT2D eigenvalue weighted by atomic mass is 9.89. The monoisotopic (exact) mass is 405 g/mol. The first kappa shape index (κ1) is 20.2. The molecule has 4 rings (SSSR count). The predicted octanol–water partition coefficient (Wildman–Crippen LogP) is 4.49. The van der Waals surface area contributed by atoms with Crippen molar-refractivity contribution in [1.29, 1.82) is 0 Å². The van der Waals surface area contributed by atoms with Crippen LogP contribution in [-0.4, -0.2) is 36.0 Å². The number of hydrogen-bond acceptors (Lipinski definition) is 4. The summed E-state index contributed by atoms with van der Waals surface area (Å²) in [4.78, 5) is 27.0. The Hall–Kier alpha value is -3.08. The van der Waals surface area contributed by atoms with Crippen LogP contribution in [0.2, 0.25) is 0 Å². The van der Waals surface area contributed by atoms with E-state index in [1.54, 1.807) is 30.3 Å². The molecule has 0 spiro atoms. The van der Waals surface area contributed by atoms with E-state index in [0.29, 0.717) is 17.9 Å². The van der Waals surface area contributed by atoms with E-state index >= 15 is 0 Å². The Morgan fingerprint density at radius 3 is 2.67 bits per heavy atom. The molecule has 1 amide bonds. The summed E-state index contributed by atoms with van der Waals surface area (Å²) in [5.41, 5.74) is 3.62. The first-order valence-electron chi connectivity index (χ1n) is 10.5. The Kier molecular flexibility index (Phi) is 5.88. The molecule has 2 unspecified atom stereocenters. The van der Waals surface area contributed by atoms with Crippen molar-refractivity contribution < 1.29 is 19.1 Å². The quantitative estimate of drug-likeness (QED) is 0.555. The molecule has 1 saturated heterocycles. The summed E-state index contributed by atoms with van der Waals surface area (Å²) in [6, 6.07) is 15.4. The third-order valence-corrected chi connectivity index (χ3v) is 5.88. The lowest BCUT2D eigenvalue weighted by Crippen LogP contribution is -2.54. The molecule has 2 fully saturated rings. The molecule has 0 aromatic heterocycles. The zero-order valence-electron chi connectivity index (χ0n) is 17.5. The minimum Gasteiger partial charge on any atom is -0.482 e. The molecule has 1 aliphatic carbocycles. The number of rotatable bonds is 4. The third kappa shape index (κ3) is 4.25. The van der Waals surface area contributed by atoms with Crippen LogP contribution in [0.4, 0.5) is 0 Å². The summed E-state index contributed by atoms with van der Waals surface area (Å²) < 4.78 is 10.9. The summed E-state index contributed by atoms with van der Waals surface area (Å²) in [5.74, 6) is -0.0816. The molecular formula is C25H27NO4. The molecule has 5 nitrogen and oxygen atoms in total. The summed E-state index contributed by atoms with van der Waals surface area (Å²) in [6.07, 6.45) is 5.98. The van der Waals surface area contributed by atoms with Gasteiger partial charge in [-0.25, -0.2) is 4.79 Å². The topological polar surface area (TPSA) is 55.8 Å². The van der Waals surface area contributed by atoms with Gasteiger partial charge >= 0.3 is 5.97 Å². The molecule has 0 N–H and O–H groups in total. The lowest BCUT2D eigenvalue weighted by Gasteiger charge is -2.44. The van der Waals surface area contributed by atoms with Gasteiger partial charge in [-0.1, -0.05) is 48.4 Å². The standard InChI is InChI=1S/C25H27NO4/c1-17-6-5-7-19(14-17)16-26-21-8-3-4-9-22(21)30-23(24(26)27)15-18-10-12-20(13-11-18)25(28)29-2/h5-7,10-15,21-22H,3-4,8-9,16H2,1-2H3/b23-15-. The van der Waals surface area contributed by atoms with Crippen molar-refractivity contribution in [2.24, 2.45) is 0 Å². The summed E-state index contributed by atoms with van der Waals surface area (Å²) in [5, 5.41) is 0. The van der Waals surface area contributed by atoms with E-state index in [1.165, 1.54) is 12.7 Å². The average Bonchev–Trinajstić information content (AvgIpc) is 2.76. The van der Waals surface area contributed by atoms with E-state index < -0.39 is 0 Å². The van der Waals surface area contributed by atoms with E-state index in [1.807, 2.05) is 11.0 Å². The van der Waals surface area contributed by atoms with Crippen LogP contribution in [0.25, 0.3) is 6.08 Å². The Balaban J connectivity index is 1.61. The Morgan fingerprint density at radius 1 is 1.17 bits per heavy atom. The Labute approximate surface area is 177 Å². The smallest absolute Gasteiger partial charge is 0.337 e. The van der Waals surface area contributed by atoms with Gasteiger partial charge in [0.1, 0.15) is 6.10 Å². The van der Waals surface area contributed by atoms with Crippen molar-refractivity contribution in [2.75, 3.05) is 7.11 Å². The molecular weight excluding hydrogens is 378 g/mol. The Morgan fingerprint density at radius 2 is 1.93 bits per heavy atom. The molecule has 156 valence electrons. The van der Waals surface area contributed by atoms with E-state index in [2.05, 4.69) is 25.1 Å². The molecule has 1 aliphatic heterocycles. The van der Waals surface area contributed by atoms with Gasteiger partial charge in [-0.2, -0.15) is 0 Å². The lowest BCUT2D eigenvalue weighted by molar-refractivity contribution is -0.149. The highest BCUT2D eigenvalue weighted by Gasteiger charge is 2.41. The van der Waals surface area contributed by atoms with Gasteiger partial charge in [-0.3, -0.25) is 4.79 Å². The number of esters is 1. The van der Waals surface area contributed by atoms with Gasteiger partial charge in [0.2, 0.25) is 0 Å². The number of hydrogen-bond donors (Lipinski definition) is 0. The second kappa shape index (κ2) is 8.74.